The minimum absolute atomic E-state index is 0.0137. The Labute approximate surface area is 121 Å². The Hall–Kier alpha value is -1.45. The first-order chi connectivity index (χ1) is 9.10. The molecule has 0 aliphatic heterocycles. The number of benzene rings is 2. The van der Waals surface area contributed by atoms with Gasteiger partial charge in [-0.2, -0.15) is 0 Å². The van der Waals surface area contributed by atoms with E-state index >= 15 is 0 Å². The summed E-state index contributed by atoms with van der Waals surface area (Å²) in [6.45, 7) is 1.53. The summed E-state index contributed by atoms with van der Waals surface area (Å²) < 4.78 is 5.18. The highest BCUT2D eigenvalue weighted by atomic mass is 35.5. The third-order valence-corrected chi connectivity index (χ3v) is 4.10. The third-order valence-electron chi connectivity index (χ3n) is 2.61. The Kier molecular flexibility index (Phi) is 4.51. The average molecular weight is 293 g/mol. The predicted molar refractivity (Wildman–Crippen MR) is 78.6 cm³/mol. The molecule has 0 N–H and O–H groups in total. The minimum atomic E-state index is 0.0137. The number of halogens is 1. The van der Waals surface area contributed by atoms with Crippen LogP contribution in [0.5, 0.6) is 5.75 Å². The molecule has 0 saturated carbocycles. The molecule has 0 aliphatic rings. The molecule has 2 aromatic carbocycles. The molecular formula is C15H13ClO2S. The molecule has 0 unspecified atom stereocenters. The highest BCUT2D eigenvalue weighted by Gasteiger charge is 2.07. The van der Waals surface area contributed by atoms with Crippen molar-refractivity contribution in [1.29, 1.82) is 0 Å². The maximum atomic E-state index is 11.3. The molecule has 0 bridgehead atoms. The van der Waals surface area contributed by atoms with Crippen LogP contribution in [0.3, 0.4) is 0 Å². The number of Topliss-reactive ketones (excluding diaryl/α,β-unsaturated/α-hetero) is 1. The zero-order valence-electron chi connectivity index (χ0n) is 10.6. The molecule has 0 amide bonds. The quantitative estimate of drug-likeness (QED) is 0.764. The summed E-state index contributed by atoms with van der Waals surface area (Å²) in [5.74, 6) is 0.821. The second kappa shape index (κ2) is 6.13. The van der Waals surface area contributed by atoms with Crippen LogP contribution in [0.2, 0.25) is 5.02 Å². The summed E-state index contributed by atoms with van der Waals surface area (Å²) in [4.78, 5) is 13.2. The van der Waals surface area contributed by atoms with Crippen LogP contribution >= 0.6 is 23.4 Å². The largest absolute Gasteiger partial charge is 0.497 e. The molecule has 0 aromatic heterocycles. The maximum absolute atomic E-state index is 11.3. The van der Waals surface area contributed by atoms with Crippen molar-refractivity contribution in [2.45, 2.75) is 16.7 Å². The van der Waals surface area contributed by atoms with Gasteiger partial charge in [0, 0.05) is 15.4 Å². The molecule has 2 aromatic rings. The number of carbonyl (C=O) groups excluding carboxylic acids is 1. The van der Waals surface area contributed by atoms with Crippen molar-refractivity contribution in [2.75, 3.05) is 7.11 Å². The normalized spacial score (nSPS) is 10.3. The van der Waals surface area contributed by atoms with Gasteiger partial charge in [-0.25, -0.2) is 0 Å². The molecule has 0 atom stereocenters. The molecule has 0 heterocycles. The van der Waals surface area contributed by atoms with E-state index in [2.05, 4.69) is 0 Å². The van der Waals surface area contributed by atoms with Crippen LogP contribution in [-0.4, -0.2) is 12.9 Å². The van der Waals surface area contributed by atoms with Crippen LogP contribution in [0.25, 0.3) is 0 Å². The van der Waals surface area contributed by atoms with Gasteiger partial charge >= 0.3 is 0 Å². The minimum Gasteiger partial charge on any atom is -0.497 e. The van der Waals surface area contributed by atoms with Crippen LogP contribution in [0, 0.1) is 0 Å². The molecule has 2 nitrogen and oxygen atoms in total. The molecule has 98 valence electrons. The molecule has 0 aliphatic carbocycles. The van der Waals surface area contributed by atoms with E-state index in [9.17, 15) is 4.79 Å². The van der Waals surface area contributed by atoms with E-state index in [0.29, 0.717) is 10.6 Å². The van der Waals surface area contributed by atoms with Crippen LogP contribution in [0.15, 0.2) is 52.3 Å². The fourth-order valence-corrected chi connectivity index (χ4v) is 2.76. The lowest BCUT2D eigenvalue weighted by Gasteiger charge is -2.07. The van der Waals surface area contributed by atoms with E-state index in [0.717, 1.165) is 15.5 Å². The van der Waals surface area contributed by atoms with Crippen molar-refractivity contribution in [3.63, 3.8) is 0 Å². The molecule has 0 fully saturated rings. The summed E-state index contributed by atoms with van der Waals surface area (Å²) in [5, 5.41) is 0.584. The summed E-state index contributed by atoms with van der Waals surface area (Å²) in [6, 6.07) is 13.1. The van der Waals surface area contributed by atoms with Crippen molar-refractivity contribution >= 4 is 29.1 Å². The van der Waals surface area contributed by atoms with Crippen molar-refractivity contribution in [1.82, 2.24) is 0 Å². The Morgan fingerprint density at radius 2 is 2.00 bits per heavy atom. The number of hydrogen-bond acceptors (Lipinski definition) is 3. The van der Waals surface area contributed by atoms with E-state index in [1.54, 1.807) is 31.0 Å². The molecular weight excluding hydrogens is 280 g/mol. The van der Waals surface area contributed by atoms with E-state index in [-0.39, 0.29) is 5.78 Å². The third kappa shape index (κ3) is 3.52. The highest BCUT2D eigenvalue weighted by Crippen LogP contribution is 2.35. The molecule has 0 saturated heterocycles. The lowest BCUT2D eigenvalue weighted by molar-refractivity contribution is 0.101. The van der Waals surface area contributed by atoms with Crippen molar-refractivity contribution in [3.05, 3.63) is 53.1 Å². The first-order valence-electron chi connectivity index (χ1n) is 5.72. The number of ketones is 1. The Morgan fingerprint density at radius 1 is 1.21 bits per heavy atom. The van der Waals surface area contributed by atoms with E-state index in [4.69, 9.17) is 16.3 Å². The van der Waals surface area contributed by atoms with Crippen LogP contribution in [0.4, 0.5) is 0 Å². The van der Waals surface area contributed by atoms with Gasteiger partial charge in [-0.15, -0.1) is 0 Å². The second-order valence-corrected chi connectivity index (χ2v) is 5.50. The maximum Gasteiger partial charge on any atom is 0.159 e. The first-order valence-corrected chi connectivity index (χ1v) is 6.92. The van der Waals surface area contributed by atoms with Gasteiger partial charge in [0.15, 0.2) is 5.78 Å². The van der Waals surface area contributed by atoms with Gasteiger partial charge in [-0.3, -0.25) is 4.79 Å². The standard InChI is InChI=1S/C15H13ClO2S/c1-10(17)11-6-7-15(14(16)8-11)19-13-5-3-4-12(9-13)18-2/h3-9H,1-2H3. The lowest BCUT2D eigenvalue weighted by atomic mass is 10.1. The zero-order chi connectivity index (χ0) is 13.8. The fraction of sp³-hybridized carbons (Fsp3) is 0.133. The van der Waals surface area contributed by atoms with Gasteiger partial charge < -0.3 is 4.74 Å². The van der Waals surface area contributed by atoms with Gasteiger partial charge in [-0.05, 0) is 37.3 Å². The van der Waals surface area contributed by atoms with Gasteiger partial charge in [0.25, 0.3) is 0 Å². The molecule has 2 rings (SSSR count). The topological polar surface area (TPSA) is 26.3 Å². The van der Waals surface area contributed by atoms with Crippen molar-refractivity contribution in [2.24, 2.45) is 0 Å². The molecule has 4 heteroatoms. The predicted octanol–water partition coefficient (Wildman–Crippen LogP) is 4.70. The van der Waals surface area contributed by atoms with Crippen LogP contribution < -0.4 is 4.74 Å². The molecule has 0 spiro atoms. The summed E-state index contributed by atoms with van der Waals surface area (Å²) in [5.41, 5.74) is 0.625. The summed E-state index contributed by atoms with van der Waals surface area (Å²) >= 11 is 7.73. The lowest BCUT2D eigenvalue weighted by Crippen LogP contribution is -1.91. The Bertz CT molecular complexity index is 611. The Balaban J connectivity index is 2.25. The number of ether oxygens (including phenoxy) is 1. The molecule has 19 heavy (non-hydrogen) atoms. The number of carbonyl (C=O) groups is 1. The summed E-state index contributed by atoms with van der Waals surface area (Å²) in [6.07, 6.45) is 0. The fourth-order valence-electron chi connectivity index (χ4n) is 1.59. The average Bonchev–Trinajstić information content (AvgIpc) is 2.41. The van der Waals surface area contributed by atoms with Crippen LogP contribution in [-0.2, 0) is 0 Å². The first kappa shape index (κ1) is 14.0. The number of hydrogen-bond donors (Lipinski definition) is 0. The van der Waals surface area contributed by atoms with Crippen molar-refractivity contribution in [3.8, 4) is 5.75 Å². The summed E-state index contributed by atoms with van der Waals surface area (Å²) in [7, 11) is 1.64. The monoisotopic (exact) mass is 292 g/mol. The van der Waals surface area contributed by atoms with E-state index < -0.39 is 0 Å². The van der Waals surface area contributed by atoms with Crippen LogP contribution in [0.1, 0.15) is 17.3 Å². The van der Waals surface area contributed by atoms with Crippen molar-refractivity contribution < 1.29 is 9.53 Å². The highest BCUT2D eigenvalue weighted by molar-refractivity contribution is 7.99. The smallest absolute Gasteiger partial charge is 0.159 e. The SMILES string of the molecule is COc1cccc(Sc2ccc(C(C)=O)cc2Cl)c1. The number of methoxy groups -OCH3 is 1. The van der Waals surface area contributed by atoms with Gasteiger partial charge in [0.05, 0.1) is 12.1 Å². The van der Waals surface area contributed by atoms with Gasteiger partial charge in [-0.1, -0.05) is 35.5 Å². The van der Waals surface area contributed by atoms with E-state index in [1.807, 2.05) is 30.3 Å². The van der Waals surface area contributed by atoms with Gasteiger partial charge in [0.2, 0.25) is 0 Å². The number of rotatable bonds is 4. The zero-order valence-corrected chi connectivity index (χ0v) is 12.2. The molecule has 0 radical (unpaired) electrons. The van der Waals surface area contributed by atoms with Gasteiger partial charge in [0.1, 0.15) is 5.75 Å². The van der Waals surface area contributed by atoms with E-state index in [1.165, 1.54) is 6.92 Å². The second-order valence-electron chi connectivity index (χ2n) is 3.98. The Morgan fingerprint density at radius 3 is 2.63 bits per heavy atom.